The Kier molecular flexibility index (Phi) is 7.17. The number of ketones is 1. The lowest BCUT2D eigenvalue weighted by atomic mass is 10.0. The monoisotopic (exact) mass is 488 g/mol. The predicted octanol–water partition coefficient (Wildman–Crippen LogP) is 5.77. The molecule has 0 bridgehead atoms. The lowest BCUT2D eigenvalue weighted by Gasteiger charge is -2.11. The topological polar surface area (TPSA) is 77.5 Å². The molecule has 35 heavy (non-hydrogen) atoms. The molecule has 7 heteroatoms. The van der Waals surface area contributed by atoms with E-state index in [2.05, 4.69) is 44.3 Å². The molecule has 180 valence electrons. The van der Waals surface area contributed by atoms with Gasteiger partial charge in [-0.2, -0.15) is 0 Å². The van der Waals surface area contributed by atoms with Crippen LogP contribution in [0.25, 0.3) is 21.3 Å². The van der Waals surface area contributed by atoms with Crippen LogP contribution in [0.3, 0.4) is 0 Å². The van der Waals surface area contributed by atoms with Gasteiger partial charge in [-0.05, 0) is 61.7 Å². The molecule has 2 heterocycles. The summed E-state index contributed by atoms with van der Waals surface area (Å²) in [5.41, 5.74) is 4.82. The molecule has 0 radical (unpaired) electrons. The number of fused-ring (bicyclic) bond motifs is 1. The first-order valence-electron chi connectivity index (χ1n) is 11.4. The zero-order chi connectivity index (χ0) is 25.1. The van der Waals surface area contributed by atoms with Gasteiger partial charge in [0.2, 0.25) is 0 Å². The van der Waals surface area contributed by atoms with Crippen molar-refractivity contribution in [3.05, 3.63) is 75.8 Å². The summed E-state index contributed by atoms with van der Waals surface area (Å²) in [7, 11) is 3.04. The normalized spacial score (nSPS) is 10.9. The van der Waals surface area contributed by atoms with Crippen LogP contribution in [0.4, 0.5) is 0 Å². The molecule has 0 saturated heterocycles. The van der Waals surface area contributed by atoms with Gasteiger partial charge in [0.1, 0.15) is 5.69 Å². The highest BCUT2D eigenvalue weighted by atomic mass is 32.1. The molecule has 1 N–H and O–H groups in total. The number of pyridine rings is 1. The number of carbonyl (C=O) groups excluding carboxylic acids is 2. The van der Waals surface area contributed by atoms with Gasteiger partial charge in [0, 0.05) is 26.1 Å². The van der Waals surface area contributed by atoms with E-state index in [9.17, 15) is 9.59 Å². The number of hydrogen-bond acceptors (Lipinski definition) is 6. The molecule has 0 atom stereocenters. The number of Topliss-reactive ketones (excluding diaryl/α,β-unsaturated/α-hetero) is 1. The Labute approximate surface area is 208 Å². The number of aryl methyl sites for hydroxylation is 3. The second-order valence-corrected chi connectivity index (χ2v) is 9.48. The molecule has 6 nitrogen and oxygen atoms in total. The number of benzene rings is 2. The third kappa shape index (κ3) is 4.91. The summed E-state index contributed by atoms with van der Waals surface area (Å²) in [6.45, 7) is 6.09. The summed E-state index contributed by atoms with van der Waals surface area (Å²) in [5, 5.41) is 3.85. The van der Waals surface area contributed by atoms with Crippen molar-refractivity contribution < 1.29 is 19.1 Å². The van der Waals surface area contributed by atoms with Gasteiger partial charge in [-0.1, -0.05) is 25.1 Å². The van der Waals surface area contributed by atoms with Crippen LogP contribution in [0.1, 0.15) is 43.8 Å². The minimum absolute atomic E-state index is 0.157. The second-order valence-electron chi connectivity index (χ2n) is 8.26. The van der Waals surface area contributed by atoms with Crippen molar-refractivity contribution in [1.29, 1.82) is 0 Å². The molecule has 2 aromatic heterocycles. The van der Waals surface area contributed by atoms with Gasteiger partial charge in [0.05, 0.1) is 26.5 Å². The summed E-state index contributed by atoms with van der Waals surface area (Å²) in [6.07, 6.45) is 0.772. The van der Waals surface area contributed by atoms with E-state index in [1.807, 2.05) is 12.1 Å². The van der Waals surface area contributed by atoms with Crippen LogP contribution in [0, 0.1) is 13.8 Å². The Bertz CT molecular complexity index is 1420. The molecule has 4 rings (SSSR count). The number of hydrogen-bond donors (Lipinski definition) is 1. The number of carbonyl (C=O) groups is 2. The van der Waals surface area contributed by atoms with Gasteiger partial charge in [-0.25, -0.2) is 4.98 Å². The van der Waals surface area contributed by atoms with Crippen molar-refractivity contribution in [1.82, 2.24) is 10.3 Å². The number of aromatic nitrogens is 1. The first kappa shape index (κ1) is 24.4. The molecule has 0 unspecified atom stereocenters. The Balaban J connectivity index is 1.60. The largest absolute Gasteiger partial charge is 0.493 e. The molecule has 0 spiro atoms. The van der Waals surface area contributed by atoms with E-state index in [1.165, 1.54) is 24.5 Å². The Hall–Kier alpha value is -3.71. The summed E-state index contributed by atoms with van der Waals surface area (Å²) in [4.78, 5) is 31.6. The molecule has 0 aliphatic heterocycles. The van der Waals surface area contributed by atoms with Crippen molar-refractivity contribution >= 4 is 33.1 Å². The number of nitrogens with one attached hydrogen (secondary N) is 1. The van der Waals surface area contributed by atoms with Gasteiger partial charge < -0.3 is 14.8 Å². The zero-order valence-corrected chi connectivity index (χ0v) is 21.3. The second kappa shape index (κ2) is 10.3. The van der Waals surface area contributed by atoms with Gasteiger partial charge >= 0.3 is 0 Å². The summed E-state index contributed by atoms with van der Waals surface area (Å²) >= 11 is 1.74. The van der Waals surface area contributed by atoms with Crippen LogP contribution in [-0.2, 0) is 6.42 Å². The molecule has 0 aliphatic carbocycles. The van der Waals surface area contributed by atoms with E-state index >= 15 is 0 Å². The Morgan fingerprint density at radius 1 is 1.00 bits per heavy atom. The highest BCUT2D eigenvalue weighted by molar-refractivity contribution is 7.19. The van der Waals surface area contributed by atoms with E-state index in [0.29, 0.717) is 22.8 Å². The third-order valence-electron chi connectivity index (χ3n) is 5.98. The van der Waals surface area contributed by atoms with Crippen molar-refractivity contribution in [3.63, 3.8) is 0 Å². The quantitative estimate of drug-likeness (QED) is 0.319. The molecule has 0 saturated carbocycles. The first-order valence-corrected chi connectivity index (χ1v) is 12.2. The lowest BCUT2D eigenvalue weighted by molar-refractivity contribution is 0.0902. The number of thiophene rings is 1. The molecule has 0 aliphatic rings. The van der Waals surface area contributed by atoms with E-state index in [4.69, 9.17) is 14.5 Å². The summed E-state index contributed by atoms with van der Waals surface area (Å²) < 4.78 is 11.7. The van der Waals surface area contributed by atoms with Gasteiger partial charge in [-0.3, -0.25) is 9.59 Å². The van der Waals surface area contributed by atoms with Crippen LogP contribution in [0.15, 0.2) is 48.5 Å². The fourth-order valence-electron chi connectivity index (χ4n) is 4.09. The number of nitrogens with zero attached hydrogens (tertiary/aromatic N) is 1. The highest BCUT2D eigenvalue weighted by Crippen LogP contribution is 2.39. The average molecular weight is 489 g/mol. The summed E-state index contributed by atoms with van der Waals surface area (Å²) in [6, 6.07) is 15.0. The maximum absolute atomic E-state index is 13.1. The number of methoxy groups -OCH3 is 2. The van der Waals surface area contributed by atoms with E-state index in [-0.39, 0.29) is 18.2 Å². The van der Waals surface area contributed by atoms with Gasteiger partial charge in [-0.15, -0.1) is 11.3 Å². The first-order chi connectivity index (χ1) is 16.9. The van der Waals surface area contributed by atoms with Crippen LogP contribution in [-0.4, -0.2) is 37.4 Å². The van der Waals surface area contributed by atoms with Crippen molar-refractivity contribution in [3.8, 4) is 22.8 Å². The van der Waals surface area contributed by atoms with Gasteiger partial charge in [0.15, 0.2) is 17.3 Å². The molecule has 2 aromatic carbocycles. The molecule has 1 amide bonds. The van der Waals surface area contributed by atoms with E-state index in [1.54, 1.807) is 29.5 Å². The maximum atomic E-state index is 13.1. The fourth-order valence-corrected chi connectivity index (χ4v) is 5.22. The van der Waals surface area contributed by atoms with Gasteiger partial charge in [0.25, 0.3) is 5.91 Å². The van der Waals surface area contributed by atoms with Crippen LogP contribution in [0.5, 0.6) is 11.5 Å². The smallest absolute Gasteiger partial charge is 0.251 e. The average Bonchev–Trinajstić information content (AvgIpc) is 3.23. The molecule has 0 fully saturated rings. The standard InChI is InChI=1S/C28H28N2O4S/c1-6-18-12-21(23(31)15-29-28(32)19-10-11-24(33-4)25(14-19)34-5)30-22(13-18)26-17(3)35-27-16(2)8-7-9-20(26)27/h7-14H,6,15H2,1-5H3,(H,29,32). The minimum Gasteiger partial charge on any atom is -0.493 e. The van der Waals surface area contributed by atoms with Crippen LogP contribution in [0.2, 0.25) is 0 Å². The third-order valence-corrected chi connectivity index (χ3v) is 7.24. The SMILES string of the molecule is CCc1cc(C(=O)CNC(=O)c2ccc(OC)c(OC)c2)nc(-c2c(C)sc3c(C)cccc23)c1. The number of ether oxygens (including phenoxy) is 2. The maximum Gasteiger partial charge on any atom is 0.251 e. The zero-order valence-electron chi connectivity index (χ0n) is 20.5. The molecular weight excluding hydrogens is 460 g/mol. The van der Waals surface area contributed by atoms with Crippen molar-refractivity contribution in [2.75, 3.05) is 20.8 Å². The van der Waals surface area contributed by atoms with Crippen LogP contribution >= 0.6 is 11.3 Å². The number of rotatable bonds is 8. The highest BCUT2D eigenvalue weighted by Gasteiger charge is 2.18. The van der Waals surface area contributed by atoms with Crippen molar-refractivity contribution in [2.24, 2.45) is 0 Å². The fraction of sp³-hybridized carbons (Fsp3) is 0.250. The Morgan fingerprint density at radius 2 is 1.77 bits per heavy atom. The van der Waals surface area contributed by atoms with E-state index < -0.39 is 0 Å². The van der Waals surface area contributed by atoms with Crippen LogP contribution < -0.4 is 14.8 Å². The molecular formula is C28H28N2O4S. The van der Waals surface area contributed by atoms with Crippen molar-refractivity contribution in [2.45, 2.75) is 27.2 Å². The predicted molar refractivity (Wildman–Crippen MR) is 140 cm³/mol. The number of amides is 1. The summed E-state index contributed by atoms with van der Waals surface area (Å²) in [5.74, 6) is 0.353. The van der Waals surface area contributed by atoms with E-state index in [0.717, 1.165) is 33.5 Å². The molecule has 4 aromatic rings. The Morgan fingerprint density at radius 3 is 2.49 bits per heavy atom. The lowest BCUT2D eigenvalue weighted by Crippen LogP contribution is -2.30. The minimum atomic E-state index is -0.374.